The molecule has 1 N–H and O–H groups in total. The highest BCUT2D eigenvalue weighted by Crippen LogP contribution is 2.59. The molecule has 156 valence electrons. The number of aromatic nitrogens is 2. The number of halogens is 1. The van der Waals surface area contributed by atoms with Crippen LogP contribution in [0.15, 0.2) is 0 Å². The molecule has 1 aromatic heterocycles. The van der Waals surface area contributed by atoms with Crippen molar-refractivity contribution in [2.24, 2.45) is 30.7 Å². The van der Waals surface area contributed by atoms with Crippen LogP contribution < -0.4 is 4.90 Å². The number of hydrogen-bond acceptors (Lipinski definition) is 5. The van der Waals surface area contributed by atoms with E-state index >= 15 is 4.39 Å². The highest BCUT2D eigenvalue weighted by atomic mass is 19.1. The number of carbonyl (C=O) groups excluding carboxylic acids is 1. The molecule has 0 spiro atoms. The molecule has 2 unspecified atom stereocenters. The van der Waals surface area contributed by atoms with Crippen molar-refractivity contribution in [3.63, 3.8) is 0 Å². The van der Waals surface area contributed by atoms with Gasteiger partial charge in [-0.3, -0.25) is 4.79 Å². The lowest BCUT2D eigenvalue weighted by Gasteiger charge is -2.58. The molecule has 4 bridgehead atoms. The van der Waals surface area contributed by atoms with E-state index in [1.165, 1.54) is 4.68 Å². The second-order valence-electron chi connectivity index (χ2n) is 10.1. The van der Waals surface area contributed by atoms with Crippen LogP contribution in [0.4, 0.5) is 10.2 Å². The fraction of sp³-hybridized carbons (Fsp3) is 0.810. The third-order valence-corrected chi connectivity index (χ3v) is 8.16. The van der Waals surface area contributed by atoms with Gasteiger partial charge in [-0.15, -0.1) is 0 Å². The maximum Gasteiger partial charge on any atom is 0.196 e. The van der Waals surface area contributed by atoms with Gasteiger partial charge in [-0.05, 0) is 68.7 Å². The monoisotopic (exact) mass is 400 g/mol. The summed E-state index contributed by atoms with van der Waals surface area (Å²) in [6, 6.07) is 0.109. The summed E-state index contributed by atoms with van der Waals surface area (Å²) >= 11 is 0. The number of ketones is 1. The number of nitrogens with zero attached hydrogens (tertiary/aromatic N) is 4. The zero-order valence-corrected chi connectivity index (χ0v) is 17.4. The van der Waals surface area contributed by atoms with Crippen LogP contribution in [0.1, 0.15) is 55.4 Å². The van der Waals surface area contributed by atoms with Crippen molar-refractivity contribution in [3.8, 4) is 0 Å². The van der Waals surface area contributed by atoms with Crippen LogP contribution >= 0.6 is 0 Å². The summed E-state index contributed by atoms with van der Waals surface area (Å²) in [4.78, 5) is 16.7. The average molecular weight is 400 g/mol. The van der Waals surface area contributed by atoms with Gasteiger partial charge >= 0.3 is 0 Å². The Morgan fingerprint density at radius 2 is 2.03 bits per heavy atom. The number of rotatable bonds is 5. The van der Waals surface area contributed by atoms with Gasteiger partial charge < -0.3 is 14.8 Å². The summed E-state index contributed by atoms with van der Waals surface area (Å²) in [6.45, 7) is 1.44. The minimum Gasteiger partial charge on any atom is -0.390 e. The number of likely N-dealkylation sites (N-methyl/N-ethyl adjacent to an activating group) is 1. The van der Waals surface area contributed by atoms with Gasteiger partial charge in [-0.1, -0.05) is 0 Å². The Balaban J connectivity index is 1.33. The van der Waals surface area contributed by atoms with Gasteiger partial charge in [-0.2, -0.15) is 5.10 Å². The van der Waals surface area contributed by atoms with Gasteiger partial charge in [0.15, 0.2) is 31.1 Å². The van der Waals surface area contributed by atoms with Gasteiger partial charge in [0, 0.05) is 33.1 Å². The fourth-order valence-electron chi connectivity index (χ4n) is 7.04. The lowest BCUT2D eigenvalue weighted by molar-refractivity contribution is -0.151. The van der Waals surface area contributed by atoms with Crippen LogP contribution in [0.5, 0.6) is 0 Å². The zero-order valence-electron chi connectivity index (χ0n) is 17.4. The minimum atomic E-state index is -0.516. The summed E-state index contributed by atoms with van der Waals surface area (Å²) in [5.74, 6) is 1.27. The Morgan fingerprint density at radius 3 is 2.62 bits per heavy atom. The summed E-state index contributed by atoms with van der Waals surface area (Å²) in [5, 5.41) is 15.0. The van der Waals surface area contributed by atoms with Gasteiger partial charge in [0.2, 0.25) is 0 Å². The number of Topliss-reactive ketones (excluding diaryl/α,β-unsaturated/α-hetero) is 1. The van der Waals surface area contributed by atoms with Gasteiger partial charge in [-0.25, -0.2) is 9.07 Å². The molecule has 4 aliphatic carbocycles. The maximum atomic E-state index is 15.3. The van der Waals surface area contributed by atoms with E-state index < -0.39 is 11.4 Å². The molecule has 0 aromatic carbocycles. The molecule has 0 amide bonds. The molecule has 2 radical (unpaired) electrons. The van der Waals surface area contributed by atoms with Crippen LogP contribution in [0.3, 0.4) is 0 Å². The van der Waals surface area contributed by atoms with Crippen LogP contribution in [-0.2, 0) is 7.05 Å². The summed E-state index contributed by atoms with van der Waals surface area (Å²) in [7, 11) is 9.40. The molecule has 3 atom stereocenters. The smallest absolute Gasteiger partial charge is 0.196 e. The molecule has 5 aliphatic rings. The summed E-state index contributed by atoms with van der Waals surface area (Å²) in [6.07, 6.45) is 5.93. The topological polar surface area (TPSA) is 61.6 Å². The predicted octanol–water partition coefficient (Wildman–Crippen LogP) is 1.91. The SMILES string of the molecule is [B]N1CC[C@@H](N(C)c2c(F)c(C(=O)CC3C4CC5CC3CC(O)(C5)C4)nn2C)C1. The normalized spacial score (nSPS) is 38.7. The first kappa shape index (κ1) is 19.6. The largest absolute Gasteiger partial charge is 0.390 e. The molecule has 8 heteroatoms. The Bertz CT molecular complexity index is 814. The van der Waals surface area contributed by atoms with Crippen LogP contribution in [-0.4, -0.2) is 65.2 Å². The van der Waals surface area contributed by atoms with E-state index in [1.807, 2.05) is 11.9 Å². The van der Waals surface area contributed by atoms with Crippen molar-refractivity contribution in [1.29, 1.82) is 0 Å². The molecule has 1 aliphatic heterocycles. The van der Waals surface area contributed by atoms with Crippen molar-refractivity contribution in [3.05, 3.63) is 11.5 Å². The van der Waals surface area contributed by atoms with Crippen molar-refractivity contribution < 1.29 is 14.3 Å². The highest BCUT2D eigenvalue weighted by Gasteiger charge is 2.55. The maximum absolute atomic E-state index is 15.3. The number of aliphatic hydroxyl groups is 1. The average Bonchev–Trinajstić information content (AvgIpc) is 3.19. The number of anilines is 1. The first-order chi connectivity index (χ1) is 13.7. The minimum absolute atomic E-state index is 0.0375. The molecule has 1 saturated heterocycles. The molecule has 4 saturated carbocycles. The third kappa shape index (κ3) is 3.23. The molecule has 6 nitrogen and oxygen atoms in total. The van der Waals surface area contributed by atoms with Crippen molar-refractivity contribution in [2.75, 3.05) is 25.0 Å². The molecule has 5 fully saturated rings. The number of aryl methyl sites for hydroxylation is 1. The van der Waals surface area contributed by atoms with E-state index in [9.17, 15) is 9.90 Å². The zero-order chi connectivity index (χ0) is 20.5. The molecule has 1 aromatic rings. The second kappa shape index (κ2) is 6.81. The van der Waals surface area contributed by atoms with Crippen LogP contribution in [0, 0.1) is 29.5 Å². The Kier molecular flexibility index (Phi) is 4.59. The van der Waals surface area contributed by atoms with Crippen LogP contribution in [0.2, 0.25) is 0 Å². The summed E-state index contributed by atoms with van der Waals surface area (Å²) in [5.41, 5.74) is -0.551. The standard InChI is InChI=1S/C21H30BFN4O2/c1-25(15-3-4-27(22)11-15)20-18(23)19(24-26(20)2)17(28)7-16-13-5-12-6-14(16)10-21(29,8-12)9-13/h12-16,29H,3-11H2,1-2H3/t12?,13?,14?,15-,16?,21?/m1/s1. The highest BCUT2D eigenvalue weighted by molar-refractivity contribution is 6.04. The first-order valence-electron chi connectivity index (χ1n) is 10.9. The fourth-order valence-corrected chi connectivity index (χ4v) is 7.04. The lowest BCUT2D eigenvalue weighted by atomic mass is 9.49. The van der Waals surface area contributed by atoms with E-state index in [-0.39, 0.29) is 23.4 Å². The molecular formula is C21H30BFN4O2. The molecule has 2 heterocycles. The first-order valence-corrected chi connectivity index (χ1v) is 10.9. The van der Waals surface area contributed by atoms with Crippen molar-refractivity contribution in [2.45, 2.75) is 56.6 Å². The molecule has 6 rings (SSSR count). The number of carbonyl (C=O) groups is 1. The van der Waals surface area contributed by atoms with Crippen molar-refractivity contribution in [1.82, 2.24) is 14.6 Å². The second-order valence-corrected chi connectivity index (χ2v) is 10.1. The van der Waals surface area contributed by atoms with E-state index in [1.54, 1.807) is 11.9 Å². The lowest BCUT2D eigenvalue weighted by Crippen LogP contribution is -2.54. The quantitative estimate of drug-likeness (QED) is 0.605. The van der Waals surface area contributed by atoms with E-state index in [0.29, 0.717) is 36.5 Å². The van der Waals surface area contributed by atoms with E-state index in [0.717, 1.165) is 45.1 Å². The van der Waals surface area contributed by atoms with Crippen LogP contribution in [0.25, 0.3) is 0 Å². The van der Waals surface area contributed by atoms with Gasteiger partial charge in [0.05, 0.1) is 5.60 Å². The molecule has 29 heavy (non-hydrogen) atoms. The van der Waals surface area contributed by atoms with Gasteiger partial charge in [0.25, 0.3) is 0 Å². The third-order valence-electron chi connectivity index (χ3n) is 8.16. The van der Waals surface area contributed by atoms with Gasteiger partial charge in [0.1, 0.15) is 0 Å². The Morgan fingerprint density at radius 1 is 1.34 bits per heavy atom. The Hall–Kier alpha value is -1.41. The number of hydrogen-bond donors (Lipinski definition) is 1. The summed E-state index contributed by atoms with van der Waals surface area (Å²) < 4.78 is 16.8. The molecular weight excluding hydrogens is 370 g/mol. The Labute approximate surface area is 172 Å². The predicted molar refractivity (Wildman–Crippen MR) is 108 cm³/mol. The van der Waals surface area contributed by atoms with E-state index in [4.69, 9.17) is 7.98 Å². The van der Waals surface area contributed by atoms with Crippen molar-refractivity contribution >= 4 is 19.6 Å². The van der Waals surface area contributed by atoms with E-state index in [2.05, 4.69) is 5.10 Å².